The highest BCUT2D eigenvalue weighted by molar-refractivity contribution is 7.70. The lowest BCUT2D eigenvalue weighted by Gasteiger charge is -2.18. The monoisotopic (exact) mass is 326 g/mol. The van der Waals surface area contributed by atoms with E-state index in [-0.39, 0.29) is 0 Å². The van der Waals surface area contributed by atoms with Crippen LogP contribution in [-0.2, 0) is 20.4 Å². The van der Waals surface area contributed by atoms with Crippen LogP contribution in [0.25, 0.3) is 0 Å². The number of carboxylic acid groups (broad SMARTS) is 1. The summed E-state index contributed by atoms with van der Waals surface area (Å²) in [6.07, 6.45) is 0.612. The minimum absolute atomic E-state index is 0.408. The standard InChI is InChI=1S/C7H15NO2.C5H11NO4S/c1-3-5(2)4-6(8)7(9)10;1-5(2,3)10-4(7)6-11(8)9/h5-6H,3-4,8H2,1-2H3,(H,9,10);11H,1-3H3,(H,6,7,8,9)/t5?,6-;/m0./s1. The Hall–Kier alpha value is -1.35. The Morgan fingerprint density at radius 2 is 1.81 bits per heavy atom. The Labute approximate surface area is 127 Å². The molecule has 0 bridgehead atoms. The van der Waals surface area contributed by atoms with Crippen molar-refractivity contribution in [1.82, 2.24) is 4.72 Å². The molecule has 0 aliphatic carbocycles. The molecule has 0 rings (SSSR count). The summed E-state index contributed by atoms with van der Waals surface area (Å²) in [6.45, 7) is 8.96. The molecule has 2 atom stereocenters. The molecule has 0 saturated heterocycles. The van der Waals surface area contributed by atoms with Crippen molar-refractivity contribution in [3.8, 4) is 0 Å². The second-order valence-corrected chi connectivity index (χ2v) is 6.30. The maximum atomic E-state index is 10.6. The van der Waals surface area contributed by atoms with E-state index in [2.05, 4.69) is 4.74 Å². The van der Waals surface area contributed by atoms with E-state index >= 15 is 0 Å². The van der Waals surface area contributed by atoms with Gasteiger partial charge in [0.05, 0.1) is 0 Å². The SMILES string of the molecule is CC(C)(C)OC(=O)N[SH](=O)=O.CCC(C)C[C@H](N)C(=O)O. The van der Waals surface area contributed by atoms with Gasteiger partial charge in [-0.05, 0) is 33.1 Å². The smallest absolute Gasteiger partial charge is 0.421 e. The third-order valence-corrected chi connectivity index (χ3v) is 2.62. The van der Waals surface area contributed by atoms with E-state index in [0.717, 1.165) is 6.42 Å². The zero-order chi connectivity index (χ0) is 17.2. The molecule has 0 aliphatic rings. The molecule has 0 fully saturated rings. The molecule has 1 unspecified atom stereocenters. The molecule has 1 amide bonds. The molecule has 0 spiro atoms. The molecule has 8 nitrogen and oxygen atoms in total. The van der Waals surface area contributed by atoms with E-state index in [1.807, 2.05) is 13.8 Å². The Bertz CT molecular complexity index is 395. The Kier molecular flexibility index (Phi) is 10.9. The van der Waals surface area contributed by atoms with Crippen LogP contribution in [0.4, 0.5) is 4.79 Å². The molecule has 9 heteroatoms. The van der Waals surface area contributed by atoms with E-state index in [0.29, 0.717) is 12.3 Å². The van der Waals surface area contributed by atoms with Crippen molar-refractivity contribution in [3.05, 3.63) is 0 Å². The molecule has 0 radical (unpaired) electrons. The number of hydrogen-bond donors (Lipinski definition) is 4. The van der Waals surface area contributed by atoms with E-state index in [1.54, 1.807) is 25.5 Å². The number of carbonyl (C=O) groups is 2. The molecule has 0 aliphatic heterocycles. The first-order valence-electron chi connectivity index (χ1n) is 6.51. The molecule has 0 heterocycles. The zero-order valence-corrected chi connectivity index (χ0v) is 14.0. The predicted octanol–water partition coefficient (Wildman–Crippen LogP) is 0.872. The first kappa shape index (κ1) is 21.9. The van der Waals surface area contributed by atoms with Crippen molar-refractivity contribution in [2.45, 2.75) is 59.1 Å². The number of amides is 1. The van der Waals surface area contributed by atoms with Crippen LogP contribution in [0.15, 0.2) is 0 Å². The lowest BCUT2D eigenvalue weighted by atomic mass is 10.0. The first-order valence-corrected chi connectivity index (χ1v) is 7.69. The van der Waals surface area contributed by atoms with Crippen molar-refractivity contribution < 1.29 is 27.9 Å². The Balaban J connectivity index is 0. The largest absolute Gasteiger partial charge is 0.480 e. The maximum absolute atomic E-state index is 10.6. The molecular formula is C12H26N2O6S. The summed E-state index contributed by atoms with van der Waals surface area (Å²) in [5.74, 6) is -0.494. The summed E-state index contributed by atoms with van der Waals surface area (Å²) >= 11 is 0. The van der Waals surface area contributed by atoms with E-state index < -0.39 is 34.6 Å². The topological polar surface area (TPSA) is 136 Å². The Morgan fingerprint density at radius 3 is 2.10 bits per heavy atom. The van der Waals surface area contributed by atoms with Gasteiger partial charge in [-0.15, -0.1) is 0 Å². The van der Waals surface area contributed by atoms with Crippen LogP contribution in [0, 0.1) is 5.92 Å². The van der Waals surface area contributed by atoms with Crippen molar-refractivity contribution in [2.24, 2.45) is 11.7 Å². The van der Waals surface area contributed by atoms with Crippen molar-refractivity contribution in [2.75, 3.05) is 0 Å². The minimum atomic E-state index is -2.92. The van der Waals surface area contributed by atoms with Gasteiger partial charge < -0.3 is 15.6 Å². The normalized spacial score (nSPS) is 13.7. The maximum Gasteiger partial charge on any atom is 0.421 e. The number of hydrogen-bond acceptors (Lipinski definition) is 6. The molecule has 4 N–H and O–H groups in total. The lowest BCUT2D eigenvalue weighted by molar-refractivity contribution is -0.138. The second-order valence-electron chi connectivity index (χ2n) is 5.56. The van der Waals surface area contributed by atoms with Gasteiger partial charge in [-0.2, -0.15) is 0 Å². The van der Waals surface area contributed by atoms with Gasteiger partial charge in [0.2, 0.25) is 10.9 Å². The van der Waals surface area contributed by atoms with Gasteiger partial charge in [-0.1, -0.05) is 20.3 Å². The highest BCUT2D eigenvalue weighted by atomic mass is 32.2. The van der Waals surface area contributed by atoms with Gasteiger partial charge in [0, 0.05) is 0 Å². The first-order chi connectivity index (χ1) is 9.38. The number of carbonyl (C=O) groups excluding carboxylic acids is 1. The van der Waals surface area contributed by atoms with Crippen LogP contribution in [-0.4, -0.2) is 37.2 Å². The number of carboxylic acids is 1. The van der Waals surface area contributed by atoms with Crippen LogP contribution < -0.4 is 10.5 Å². The summed E-state index contributed by atoms with van der Waals surface area (Å²) in [7, 11) is -2.92. The van der Waals surface area contributed by atoms with Gasteiger partial charge in [0.1, 0.15) is 11.6 Å². The second kappa shape index (κ2) is 10.4. The third kappa shape index (κ3) is 16.6. The number of nitrogens with two attached hydrogens (primary N) is 1. The van der Waals surface area contributed by atoms with E-state index in [4.69, 9.17) is 10.8 Å². The van der Waals surface area contributed by atoms with Gasteiger partial charge in [0.15, 0.2) is 0 Å². The zero-order valence-electron chi connectivity index (χ0n) is 13.1. The quantitative estimate of drug-likeness (QED) is 0.550. The van der Waals surface area contributed by atoms with E-state index in [9.17, 15) is 18.0 Å². The van der Waals surface area contributed by atoms with Gasteiger partial charge in [0.25, 0.3) is 0 Å². The summed E-state index contributed by atoms with van der Waals surface area (Å²) < 4.78 is 26.0. The fourth-order valence-corrected chi connectivity index (χ4v) is 1.27. The number of nitrogens with one attached hydrogen (secondary N) is 1. The molecule has 0 aromatic heterocycles. The number of aliphatic carboxylic acids is 1. The number of rotatable bonds is 5. The number of ether oxygens (including phenoxy) is 1. The third-order valence-electron chi connectivity index (χ3n) is 2.25. The predicted molar refractivity (Wildman–Crippen MR) is 79.4 cm³/mol. The minimum Gasteiger partial charge on any atom is -0.480 e. The summed E-state index contributed by atoms with van der Waals surface area (Å²) in [4.78, 5) is 20.8. The summed E-state index contributed by atoms with van der Waals surface area (Å²) in [5, 5.41) is 8.40. The average Bonchev–Trinajstić information content (AvgIpc) is 2.25. The molecule has 21 heavy (non-hydrogen) atoms. The molecule has 0 aromatic carbocycles. The van der Waals surface area contributed by atoms with Crippen LogP contribution >= 0.6 is 0 Å². The number of thiol groups is 1. The van der Waals surface area contributed by atoms with Crippen molar-refractivity contribution in [3.63, 3.8) is 0 Å². The van der Waals surface area contributed by atoms with Crippen molar-refractivity contribution >= 4 is 23.0 Å². The van der Waals surface area contributed by atoms with Crippen LogP contribution in [0.3, 0.4) is 0 Å². The fraction of sp³-hybridized carbons (Fsp3) is 0.833. The summed E-state index contributed by atoms with van der Waals surface area (Å²) in [6, 6.07) is -0.685. The molecule has 0 saturated carbocycles. The summed E-state index contributed by atoms with van der Waals surface area (Å²) in [5.41, 5.74) is 4.62. The molecule has 0 aromatic rings. The van der Waals surface area contributed by atoms with Crippen LogP contribution in [0.2, 0.25) is 0 Å². The van der Waals surface area contributed by atoms with Crippen LogP contribution in [0.1, 0.15) is 47.5 Å². The van der Waals surface area contributed by atoms with Crippen molar-refractivity contribution in [1.29, 1.82) is 0 Å². The fourth-order valence-electron chi connectivity index (χ4n) is 1.08. The highest BCUT2D eigenvalue weighted by Gasteiger charge is 2.16. The molecule has 126 valence electrons. The lowest BCUT2D eigenvalue weighted by Crippen LogP contribution is -2.31. The van der Waals surface area contributed by atoms with Gasteiger partial charge in [-0.25, -0.2) is 17.9 Å². The van der Waals surface area contributed by atoms with Gasteiger partial charge in [-0.3, -0.25) is 4.79 Å². The highest BCUT2D eigenvalue weighted by Crippen LogP contribution is 2.08. The van der Waals surface area contributed by atoms with Crippen LogP contribution in [0.5, 0.6) is 0 Å². The molecular weight excluding hydrogens is 300 g/mol. The van der Waals surface area contributed by atoms with Gasteiger partial charge >= 0.3 is 12.1 Å². The Morgan fingerprint density at radius 1 is 1.33 bits per heavy atom. The average molecular weight is 326 g/mol. The van der Waals surface area contributed by atoms with E-state index in [1.165, 1.54) is 0 Å².